The summed E-state index contributed by atoms with van der Waals surface area (Å²) >= 11 is 0. The van der Waals surface area contributed by atoms with Crippen LogP contribution in [0.3, 0.4) is 0 Å². The van der Waals surface area contributed by atoms with Gasteiger partial charge >= 0.3 is 0 Å². The molecule has 4 nitrogen and oxygen atoms in total. The largest absolute Gasteiger partial charge is 0.493 e. The number of benzene rings is 1. The van der Waals surface area contributed by atoms with E-state index in [1.165, 1.54) is 0 Å². The number of Topliss-reactive ketones (excluding diaryl/α,β-unsaturated/α-hetero) is 1. The minimum absolute atomic E-state index is 0.0829. The van der Waals surface area contributed by atoms with E-state index in [-0.39, 0.29) is 17.5 Å². The minimum Gasteiger partial charge on any atom is -0.493 e. The van der Waals surface area contributed by atoms with Gasteiger partial charge in [0.1, 0.15) is 11.0 Å². The molecule has 0 amide bonds. The zero-order valence-electron chi connectivity index (χ0n) is 12.0. The lowest BCUT2D eigenvalue weighted by atomic mass is 9.87. The van der Waals surface area contributed by atoms with Gasteiger partial charge in [-0.3, -0.25) is 4.79 Å². The maximum absolute atomic E-state index is 12.5. The molecule has 5 heteroatoms. The summed E-state index contributed by atoms with van der Waals surface area (Å²) in [5.74, 6) is 0.956. The zero-order chi connectivity index (χ0) is 14.9. The molecule has 2 unspecified atom stereocenters. The van der Waals surface area contributed by atoms with Gasteiger partial charge in [0.25, 0.3) is 0 Å². The lowest BCUT2D eigenvalue weighted by Crippen LogP contribution is -2.36. The summed E-state index contributed by atoms with van der Waals surface area (Å²) in [6, 6.07) is 7.72. The van der Waals surface area contributed by atoms with Crippen molar-refractivity contribution in [2.75, 3.05) is 12.4 Å². The van der Waals surface area contributed by atoms with E-state index in [0.717, 1.165) is 24.2 Å². The molecule has 0 saturated carbocycles. The number of carbonyl (C=O) groups is 1. The summed E-state index contributed by atoms with van der Waals surface area (Å²) in [6.45, 7) is 0.590. The fourth-order valence-corrected chi connectivity index (χ4v) is 5.23. The topological polar surface area (TPSA) is 60.4 Å². The van der Waals surface area contributed by atoms with Crippen molar-refractivity contribution in [2.45, 2.75) is 43.3 Å². The molecule has 1 aromatic rings. The molecule has 0 N–H and O–H groups in total. The Labute approximate surface area is 125 Å². The third-order valence-electron chi connectivity index (χ3n) is 4.47. The third-order valence-corrected chi connectivity index (χ3v) is 6.69. The second-order valence-electron chi connectivity index (χ2n) is 5.89. The summed E-state index contributed by atoms with van der Waals surface area (Å²) in [6.07, 6.45) is 3.10. The maximum atomic E-state index is 12.5. The average Bonchev–Trinajstić information content (AvgIpc) is 2.47. The van der Waals surface area contributed by atoms with Crippen LogP contribution in [-0.2, 0) is 14.6 Å². The second-order valence-corrected chi connectivity index (χ2v) is 8.20. The molecular formula is C16H20O4S. The van der Waals surface area contributed by atoms with Gasteiger partial charge in [-0.25, -0.2) is 8.42 Å². The van der Waals surface area contributed by atoms with E-state index < -0.39 is 15.1 Å². The van der Waals surface area contributed by atoms with Crippen molar-refractivity contribution in [2.24, 2.45) is 0 Å². The Hall–Kier alpha value is -1.36. The minimum atomic E-state index is -3.23. The van der Waals surface area contributed by atoms with Crippen LogP contribution in [0, 0.1) is 0 Å². The fraction of sp³-hybridized carbons (Fsp3) is 0.562. The monoisotopic (exact) mass is 308 g/mol. The maximum Gasteiger partial charge on any atom is 0.160 e. The number of ether oxygens (including phenoxy) is 1. The van der Waals surface area contributed by atoms with Crippen molar-refractivity contribution in [1.82, 2.24) is 0 Å². The quantitative estimate of drug-likeness (QED) is 0.860. The number of sulfone groups is 1. The Bertz CT molecular complexity index is 635. The lowest BCUT2D eigenvalue weighted by Gasteiger charge is -2.27. The number of para-hydroxylation sites is 1. The molecular weight excluding hydrogens is 288 g/mol. The molecule has 114 valence electrons. The zero-order valence-corrected chi connectivity index (χ0v) is 12.8. The van der Waals surface area contributed by atoms with Crippen molar-refractivity contribution in [3.05, 3.63) is 29.8 Å². The highest BCUT2D eigenvalue weighted by atomic mass is 32.2. The number of rotatable bonds is 3. The third kappa shape index (κ3) is 2.98. The van der Waals surface area contributed by atoms with Gasteiger partial charge in [-0.15, -0.1) is 0 Å². The van der Waals surface area contributed by atoms with Crippen LogP contribution >= 0.6 is 0 Å². The van der Waals surface area contributed by atoms with Crippen LogP contribution in [0.1, 0.15) is 43.6 Å². The van der Waals surface area contributed by atoms with E-state index in [9.17, 15) is 13.2 Å². The normalized spacial score (nSPS) is 27.4. The molecule has 0 bridgehead atoms. The first-order valence-corrected chi connectivity index (χ1v) is 9.25. The van der Waals surface area contributed by atoms with Gasteiger partial charge in [0, 0.05) is 6.42 Å². The fourth-order valence-electron chi connectivity index (χ4n) is 3.32. The predicted octanol–water partition coefficient (Wildman–Crippen LogP) is 2.48. The standard InChI is InChI=1S/C16H20O4S/c17-14(16-7-3-4-10-21(16,18)19)11-12-8-9-20-15-6-2-1-5-13(12)15/h1-2,5-6,12,16H,3-4,7-11H2. The van der Waals surface area contributed by atoms with Crippen LogP contribution in [0.5, 0.6) is 5.75 Å². The van der Waals surface area contributed by atoms with Crippen molar-refractivity contribution >= 4 is 15.6 Å². The Morgan fingerprint density at radius 2 is 2.00 bits per heavy atom. The molecule has 1 saturated heterocycles. The molecule has 2 atom stereocenters. The van der Waals surface area contributed by atoms with Crippen LogP contribution in [0.15, 0.2) is 24.3 Å². The molecule has 2 aliphatic heterocycles. The Morgan fingerprint density at radius 1 is 1.19 bits per heavy atom. The number of hydrogen-bond donors (Lipinski definition) is 0. The van der Waals surface area contributed by atoms with Crippen LogP contribution in [0.4, 0.5) is 0 Å². The highest BCUT2D eigenvalue weighted by molar-refractivity contribution is 7.92. The summed E-state index contributed by atoms with van der Waals surface area (Å²) in [5.41, 5.74) is 1.03. The van der Waals surface area contributed by atoms with Gasteiger partial charge in [-0.2, -0.15) is 0 Å². The Balaban J connectivity index is 1.77. The van der Waals surface area contributed by atoms with E-state index in [1.54, 1.807) is 0 Å². The molecule has 21 heavy (non-hydrogen) atoms. The smallest absolute Gasteiger partial charge is 0.160 e. The molecule has 3 rings (SSSR count). The number of carbonyl (C=O) groups excluding carboxylic acids is 1. The second kappa shape index (κ2) is 5.79. The van der Waals surface area contributed by atoms with Gasteiger partial charge in [-0.1, -0.05) is 24.6 Å². The highest BCUT2D eigenvalue weighted by Gasteiger charge is 2.36. The van der Waals surface area contributed by atoms with E-state index in [2.05, 4.69) is 0 Å². The van der Waals surface area contributed by atoms with E-state index in [0.29, 0.717) is 25.9 Å². The van der Waals surface area contributed by atoms with Crippen LogP contribution in [0.25, 0.3) is 0 Å². The number of ketones is 1. The van der Waals surface area contributed by atoms with Gasteiger partial charge in [-0.05, 0) is 36.8 Å². The lowest BCUT2D eigenvalue weighted by molar-refractivity contribution is -0.119. The molecule has 0 radical (unpaired) electrons. The van der Waals surface area contributed by atoms with Gasteiger partial charge < -0.3 is 4.74 Å². The molecule has 1 fully saturated rings. The van der Waals surface area contributed by atoms with Crippen molar-refractivity contribution < 1.29 is 17.9 Å². The summed E-state index contributed by atoms with van der Waals surface area (Å²) < 4.78 is 29.7. The first-order chi connectivity index (χ1) is 10.1. The molecule has 2 heterocycles. The summed E-state index contributed by atoms with van der Waals surface area (Å²) in [7, 11) is -3.23. The van der Waals surface area contributed by atoms with Crippen LogP contribution in [0.2, 0.25) is 0 Å². The molecule has 0 spiro atoms. The first kappa shape index (κ1) is 14.6. The average molecular weight is 308 g/mol. The van der Waals surface area contributed by atoms with Crippen LogP contribution < -0.4 is 4.74 Å². The molecule has 2 aliphatic rings. The van der Waals surface area contributed by atoms with Gasteiger partial charge in [0.15, 0.2) is 15.6 Å². The molecule has 1 aromatic carbocycles. The molecule has 0 aliphatic carbocycles. The Morgan fingerprint density at radius 3 is 2.81 bits per heavy atom. The van der Waals surface area contributed by atoms with Crippen LogP contribution in [-0.4, -0.2) is 31.8 Å². The summed E-state index contributed by atoms with van der Waals surface area (Å²) in [4.78, 5) is 12.5. The van der Waals surface area contributed by atoms with Gasteiger partial charge in [0.05, 0.1) is 12.4 Å². The number of hydrogen-bond acceptors (Lipinski definition) is 4. The Kier molecular flexibility index (Phi) is 4.02. The molecule has 0 aromatic heterocycles. The first-order valence-electron chi connectivity index (χ1n) is 7.54. The number of fused-ring (bicyclic) bond motifs is 1. The van der Waals surface area contributed by atoms with E-state index >= 15 is 0 Å². The van der Waals surface area contributed by atoms with Crippen molar-refractivity contribution in [1.29, 1.82) is 0 Å². The predicted molar refractivity (Wildman–Crippen MR) is 80.3 cm³/mol. The van der Waals surface area contributed by atoms with E-state index in [4.69, 9.17) is 4.74 Å². The van der Waals surface area contributed by atoms with E-state index in [1.807, 2.05) is 24.3 Å². The van der Waals surface area contributed by atoms with Crippen molar-refractivity contribution in [3.63, 3.8) is 0 Å². The highest BCUT2D eigenvalue weighted by Crippen LogP contribution is 2.36. The van der Waals surface area contributed by atoms with Crippen molar-refractivity contribution in [3.8, 4) is 5.75 Å². The summed E-state index contributed by atoms with van der Waals surface area (Å²) in [5, 5.41) is -0.777. The van der Waals surface area contributed by atoms with Gasteiger partial charge in [0.2, 0.25) is 0 Å². The SMILES string of the molecule is O=C(CC1CCOc2ccccc21)C1CCCCS1(=O)=O.